The molecule has 1 aromatic carbocycles. The van der Waals surface area contributed by atoms with Gasteiger partial charge in [-0.3, -0.25) is 14.2 Å². The van der Waals surface area contributed by atoms with E-state index in [4.69, 9.17) is 22.6 Å². The molecule has 0 saturated carbocycles. The van der Waals surface area contributed by atoms with Gasteiger partial charge in [-0.1, -0.05) is 11.6 Å². The number of halogens is 1. The number of nitrogens with two attached hydrogens (primary N) is 1. The molecular formula is C18H15ClN4O2S. The van der Waals surface area contributed by atoms with E-state index >= 15 is 0 Å². The molecule has 2 N–H and O–H groups in total. The third-order valence-corrected chi connectivity index (χ3v) is 5.50. The maximum atomic E-state index is 13.1. The summed E-state index contributed by atoms with van der Waals surface area (Å²) in [4.78, 5) is 30.2. The van der Waals surface area contributed by atoms with E-state index in [0.29, 0.717) is 50.9 Å². The Labute approximate surface area is 158 Å². The Kier molecular flexibility index (Phi) is 5.07. The van der Waals surface area contributed by atoms with E-state index in [9.17, 15) is 9.59 Å². The number of aromatic nitrogens is 2. The molecular weight excluding hydrogens is 372 g/mol. The Morgan fingerprint density at radius 3 is 2.69 bits per heavy atom. The molecule has 0 saturated heterocycles. The quantitative estimate of drug-likeness (QED) is 0.678. The average Bonchev–Trinajstić information content (AvgIpc) is 2.95. The first kappa shape index (κ1) is 18.1. The fourth-order valence-electron chi connectivity index (χ4n) is 2.79. The molecule has 0 fully saturated rings. The summed E-state index contributed by atoms with van der Waals surface area (Å²) >= 11 is 7.07. The van der Waals surface area contributed by atoms with Crippen LogP contribution in [-0.2, 0) is 6.54 Å². The van der Waals surface area contributed by atoms with Gasteiger partial charge in [-0.15, -0.1) is 11.3 Å². The number of fused-ring (bicyclic) bond motifs is 1. The number of aryl methyl sites for hydroxylation is 1. The molecule has 0 bridgehead atoms. The standard InChI is InChI=1S/C18H15ClN4O2S/c1-10-13-17(26-14(10)15(21)24)22-16(11-4-6-12(19)7-5-11)23(18(13)25)9-3-2-8-20/h4-7H,2-3,9H2,1H3,(H2,21,24). The number of unbranched alkanes of at least 4 members (excludes halogenated alkanes) is 1. The van der Waals surface area contributed by atoms with Crippen LogP contribution in [0.15, 0.2) is 29.1 Å². The highest BCUT2D eigenvalue weighted by Gasteiger charge is 2.20. The second kappa shape index (κ2) is 7.28. The first-order valence-corrected chi connectivity index (χ1v) is 9.10. The van der Waals surface area contributed by atoms with Gasteiger partial charge < -0.3 is 5.73 Å². The molecule has 0 unspecified atom stereocenters. The fraction of sp³-hybridized carbons (Fsp3) is 0.222. The topological polar surface area (TPSA) is 102 Å². The summed E-state index contributed by atoms with van der Waals surface area (Å²) in [6, 6.07) is 9.09. The number of amides is 1. The number of benzene rings is 1. The fourth-order valence-corrected chi connectivity index (χ4v) is 3.94. The number of primary amides is 1. The summed E-state index contributed by atoms with van der Waals surface area (Å²) in [7, 11) is 0. The van der Waals surface area contributed by atoms with Crippen molar-refractivity contribution in [1.82, 2.24) is 9.55 Å². The van der Waals surface area contributed by atoms with Gasteiger partial charge in [0.1, 0.15) is 10.7 Å². The van der Waals surface area contributed by atoms with E-state index in [-0.39, 0.29) is 5.56 Å². The third kappa shape index (κ3) is 3.21. The lowest BCUT2D eigenvalue weighted by atomic mass is 10.1. The lowest BCUT2D eigenvalue weighted by Crippen LogP contribution is -2.23. The van der Waals surface area contributed by atoms with Crippen LogP contribution in [0.1, 0.15) is 28.1 Å². The minimum atomic E-state index is -0.575. The Morgan fingerprint density at radius 2 is 2.08 bits per heavy atom. The van der Waals surface area contributed by atoms with Crippen LogP contribution in [0.2, 0.25) is 5.02 Å². The predicted octanol–water partition coefficient (Wildman–Crippen LogP) is 3.49. The van der Waals surface area contributed by atoms with E-state index in [1.165, 1.54) is 0 Å². The van der Waals surface area contributed by atoms with Crippen molar-refractivity contribution in [2.24, 2.45) is 5.73 Å². The number of carbonyl (C=O) groups excluding carboxylic acids is 1. The minimum Gasteiger partial charge on any atom is -0.365 e. The minimum absolute atomic E-state index is 0.237. The summed E-state index contributed by atoms with van der Waals surface area (Å²) in [5, 5.41) is 9.77. The van der Waals surface area contributed by atoms with Gasteiger partial charge in [0.15, 0.2) is 0 Å². The molecule has 26 heavy (non-hydrogen) atoms. The van der Waals surface area contributed by atoms with Crippen LogP contribution in [0.4, 0.5) is 0 Å². The Morgan fingerprint density at radius 1 is 1.38 bits per heavy atom. The van der Waals surface area contributed by atoms with Crippen LogP contribution < -0.4 is 11.3 Å². The highest BCUT2D eigenvalue weighted by atomic mass is 35.5. The van der Waals surface area contributed by atoms with E-state index in [0.717, 1.165) is 16.9 Å². The van der Waals surface area contributed by atoms with Crippen LogP contribution in [0.3, 0.4) is 0 Å². The lowest BCUT2D eigenvalue weighted by molar-refractivity contribution is 0.100. The molecule has 3 rings (SSSR count). The first-order chi connectivity index (χ1) is 12.4. The zero-order chi connectivity index (χ0) is 18.8. The van der Waals surface area contributed by atoms with Crippen molar-refractivity contribution in [2.45, 2.75) is 26.3 Å². The highest BCUT2D eigenvalue weighted by Crippen LogP contribution is 2.29. The van der Waals surface area contributed by atoms with Crippen LogP contribution in [-0.4, -0.2) is 15.5 Å². The van der Waals surface area contributed by atoms with Crippen LogP contribution in [0.25, 0.3) is 21.6 Å². The largest absolute Gasteiger partial charge is 0.365 e. The van der Waals surface area contributed by atoms with Crippen molar-refractivity contribution in [2.75, 3.05) is 0 Å². The maximum absolute atomic E-state index is 13.1. The number of hydrogen-bond acceptors (Lipinski definition) is 5. The second-order valence-corrected chi connectivity index (χ2v) is 7.20. The number of thiophene rings is 1. The van der Waals surface area contributed by atoms with Crippen LogP contribution in [0, 0.1) is 18.3 Å². The molecule has 132 valence electrons. The van der Waals surface area contributed by atoms with Gasteiger partial charge in [0, 0.05) is 23.6 Å². The number of nitriles is 1. The van der Waals surface area contributed by atoms with Gasteiger partial charge in [0.05, 0.1) is 16.3 Å². The molecule has 2 heterocycles. The lowest BCUT2D eigenvalue weighted by Gasteiger charge is -2.12. The van der Waals surface area contributed by atoms with E-state index in [1.54, 1.807) is 35.8 Å². The number of carbonyl (C=O) groups is 1. The number of nitrogens with zero attached hydrogens (tertiary/aromatic N) is 3. The van der Waals surface area contributed by atoms with E-state index in [2.05, 4.69) is 11.1 Å². The molecule has 0 atom stereocenters. The summed E-state index contributed by atoms with van der Waals surface area (Å²) < 4.78 is 1.55. The maximum Gasteiger partial charge on any atom is 0.262 e. The highest BCUT2D eigenvalue weighted by molar-refractivity contribution is 7.20. The zero-order valence-corrected chi connectivity index (χ0v) is 15.5. The molecule has 0 aliphatic carbocycles. The zero-order valence-electron chi connectivity index (χ0n) is 14.0. The molecule has 8 heteroatoms. The van der Waals surface area contributed by atoms with Crippen LogP contribution in [0.5, 0.6) is 0 Å². The van der Waals surface area contributed by atoms with E-state index in [1.807, 2.05) is 0 Å². The van der Waals surface area contributed by atoms with Gasteiger partial charge >= 0.3 is 0 Å². The first-order valence-electron chi connectivity index (χ1n) is 7.90. The molecule has 3 aromatic rings. The Balaban J connectivity index is 2.28. The van der Waals surface area contributed by atoms with Gasteiger partial charge in [-0.2, -0.15) is 5.26 Å². The van der Waals surface area contributed by atoms with Crippen molar-refractivity contribution in [3.05, 3.63) is 50.1 Å². The third-order valence-electron chi connectivity index (χ3n) is 4.05. The van der Waals surface area contributed by atoms with Crippen molar-refractivity contribution < 1.29 is 4.79 Å². The summed E-state index contributed by atoms with van der Waals surface area (Å²) in [5.74, 6) is -0.0941. The van der Waals surface area contributed by atoms with Crippen molar-refractivity contribution in [3.8, 4) is 17.5 Å². The number of rotatable bonds is 5. The van der Waals surface area contributed by atoms with Gasteiger partial charge in [-0.05, 0) is 43.2 Å². The summed E-state index contributed by atoms with van der Waals surface area (Å²) in [6.07, 6.45) is 0.857. The van der Waals surface area contributed by atoms with Crippen molar-refractivity contribution in [1.29, 1.82) is 5.26 Å². The SMILES string of the molecule is Cc1c(C(N)=O)sc2nc(-c3ccc(Cl)cc3)n(CCCC#N)c(=O)c12. The molecule has 2 aromatic heterocycles. The van der Waals surface area contributed by atoms with Gasteiger partial charge in [0.25, 0.3) is 11.5 Å². The Hall–Kier alpha value is -2.69. The van der Waals surface area contributed by atoms with Gasteiger partial charge in [-0.25, -0.2) is 4.98 Å². The normalized spacial score (nSPS) is 10.8. The molecule has 0 aliphatic rings. The average molecular weight is 387 g/mol. The molecule has 6 nitrogen and oxygen atoms in total. The molecule has 0 aliphatic heterocycles. The smallest absolute Gasteiger partial charge is 0.262 e. The summed E-state index contributed by atoms with van der Waals surface area (Å²) in [5.41, 5.74) is 6.46. The Bertz CT molecular complexity index is 1090. The molecule has 0 spiro atoms. The van der Waals surface area contributed by atoms with Crippen molar-refractivity contribution in [3.63, 3.8) is 0 Å². The van der Waals surface area contributed by atoms with E-state index < -0.39 is 5.91 Å². The second-order valence-electron chi connectivity index (χ2n) is 5.76. The van der Waals surface area contributed by atoms with Crippen LogP contribution >= 0.6 is 22.9 Å². The molecule has 1 amide bonds. The predicted molar refractivity (Wildman–Crippen MR) is 102 cm³/mol. The molecule has 0 radical (unpaired) electrons. The number of hydrogen-bond donors (Lipinski definition) is 1. The van der Waals surface area contributed by atoms with Gasteiger partial charge in [0.2, 0.25) is 0 Å². The summed E-state index contributed by atoms with van der Waals surface area (Å²) in [6.45, 7) is 2.05. The van der Waals surface area contributed by atoms with Crippen molar-refractivity contribution >= 4 is 39.1 Å². The monoisotopic (exact) mass is 386 g/mol.